The first-order valence-electron chi connectivity index (χ1n) is 10.7. The second kappa shape index (κ2) is 10.0. The molecule has 1 amide bonds. The number of benzene rings is 2. The van der Waals surface area contributed by atoms with Crippen LogP contribution in [0.25, 0.3) is 0 Å². The van der Waals surface area contributed by atoms with Gasteiger partial charge >= 0.3 is 0 Å². The lowest BCUT2D eigenvalue weighted by atomic mass is 10.0. The summed E-state index contributed by atoms with van der Waals surface area (Å²) in [6.07, 6.45) is 3.39. The zero-order valence-electron chi connectivity index (χ0n) is 18.0. The molecule has 1 aliphatic heterocycles. The van der Waals surface area contributed by atoms with Gasteiger partial charge in [0.2, 0.25) is 11.2 Å². The number of anilines is 2. The molecule has 166 valence electrons. The number of hydrogen-bond acceptors (Lipinski definition) is 6. The number of rotatable bonds is 8. The van der Waals surface area contributed by atoms with E-state index in [4.69, 9.17) is 13.9 Å². The molecule has 0 bridgehead atoms. The van der Waals surface area contributed by atoms with Gasteiger partial charge in [0.05, 0.1) is 18.8 Å². The molecule has 2 aromatic carbocycles. The van der Waals surface area contributed by atoms with Crippen molar-refractivity contribution in [2.75, 3.05) is 30.0 Å². The normalized spacial score (nSPS) is 12.7. The Kier molecular flexibility index (Phi) is 6.75. The molecule has 7 heteroatoms. The Bertz CT molecular complexity index is 1140. The van der Waals surface area contributed by atoms with Gasteiger partial charge in [-0.3, -0.25) is 9.59 Å². The van der Waals surface area contributed by atoms with Gasteiger partial charge in [-0.1, -0.05) is 30.3 Å². The number of para-hydroxylation sites is 3. The van der Waals surface area contributed by atoms with Crippen LogP contribution in [0.5, 0.6) is 11.5 Å². The number of hydrogen-bond donors (Lipinski definition) is 1. The Hall–Kier alpha value is -3.74. The Morgan fingerprint density at radius 1 is 1.09 bits per heavy atom. The van der Waals surface area contributed by atoms with E-state index in [2.05, 4.69) is 22.3 Å². The van der Waals surface area contributed by atoms with Gasteiger partial charge in [0.15, 0.2) is 6.61 Å². The van der Waals surface area contributed by atoms with Crippen LogP contribution < -0.4 is 25.1 Å². The molecule has 1 aliphatic rings. The van der Waals surface area contributed by atoms with Crippen LogP contribution in [0.15, 0.2) is 70.1 Å². The van der Waals surface area contributed by atoms with Gasteiger partial charge in [-0.25, -0.2) is 0 Å². The Morgan fingerprint density at radius 3 is 2.75 bits per heavy atom. The van der Waals surface area contributed by atoms with E-state index >= 15 is 0 Å². The summed E-state index contributed by atoms with van der Waals surface area (Å²) in [5.41, 5.74) is 2.70. The van der Waals surface area contributed by atoms with Crippen LogP contribution in [-0.4, -0.2) is 25.7 Å². The number of ether oxygens (including phenoxy) is 2. The monoisotopic (exact) mass is 434 g/mol. The summed E-state index contributed by atoms with van der Waals surface area (Å²) in [6, 6.07) is 16.8. The molecule has 32 heavy (non-hydrogen) atoms. The van der Waals surface area contributed by atoms with Crippen LogP contribution >= 0.6 is 0 Å². The highest BCUT2D eigenvalue weighted by atomic mass is 16.5. The van der Waals surface area contributed by atoms with Gasteiger partial charge in [0, 0.05) is 18.3 Å². The highest BCUT2D eigenvalue weighted by Crippen LogP contribution is 2.28. The molecule has 0 aliphatic carbocycles. The van der Waals surface area contributed by atoms with Crippen LogP contribution in [-0.2, 0) is 17.8 Å². The molecule has 0 saturated heterocycles. The molecule has 0 atom stereocenters. The van der Waals surface area contributed by atoms with Crippen molar-refractivity contribution >= 4 is 17.3 Å². The van der Waals surface area contributed by atoms with Crippen molar-refractivity contribution in [1.82, 2.24) is 0 Å². The van der Waals surface area contributed by atoms with E-state index in [0.29, 0.717) is 30.3 Å². The lowest BCUT2D eigenvalue weighted by Crippen LogP contribution is -2.29. The molecule has 1 aromatic heterocycles. The van der Waals surface area contributed by atoms with Crippen LogP contribution in [0.1, 0.15) is 24.7 Å². The Labute approximate surface area is 186 Å². The van der Waals surface area contributed by atoms with Gasteiger partial charge in [0.1, 0.15) is 17.8 Å². The molecule has 0 unspecified atom stereocenters. The van der Waals surface area contributed by atoms with Crippen molar-refractivity contribution < 1.29 is 18.7 Å². The van der Waals surface area contributed by atoms with Crippen molar-refractivity contribution in [3.63, 3.8) is 0 Å². The zero-order valence-corrected chi connectivity index (χ0v) is 18.0. The molecule has 0 radical (unpaired) electrons. The number of carbonyl (C=O) groups excluding carboxylic acids is 1. The van der Waals surface area contributed by atoms with Crippen molar-refractivity contribution in [3.05, 3.63) is 82.4 Å². The minimum absolute atomic E-state index is 0.000961. The summed E-state index contributed by atoms with van der Waals surface area (Å²) in [4.78, 5) is 27.0. The van der Waals surface area contributed by atoms with Crippen LogP contribution in [0.2, 0.25) is 0 Å². The van der Waals surface area contributed by atoms with Crippen molar-refractivity contribution in [2.45, 2.75) is 26.3 Å². The van der Waals surface area contributed by atoms with Crippen molar-refractivity contribution in [2.24, 2.45) is 0 Å². The minimum Gasteiger partial charge on any atom is -0.492 e. The first-order chi connectivity index (χ1) is 15.6. The summed E-state index contributed by atoms with van der Waals surface area (Å²) in [7, 11) is 0. The molecule has 0 fully saturated rings. The maximum atomic E-state index is 12.5. The van der Waals surface area contributed by atoms with E-state index in [-0.39, 0.29) is 17.8 Å². The summed E-state index contributed by atoms with van der Waals surface area (Å²) >= 11 is 0. The largest absolute Gasteiger partial charge is 0.492 e. The molecule has 3 aromatic rings. The Balaban J connectivity index is 1.36. The predicted molar refractivity (Wildman–Crippen MR) is 123 cm³/mol. The maximum Gasteiger partial charge on any atom is 0.262 e. The standard InChI is InChI=1S/C25H26N2O5/c1-2-30-23-12-6-4-10-20(23)26-25(29)17-32-24-16-31-19(14-22(24)28)15-27-13-7-9-18-8-3-5-11-21(18)27/h3-6,8,10-12,14,16H,2,7,9,13,15,17H2,1H3,(H,26,29). The fraction of sp³-hybridized carbons (Fsp3) is 0.280. The van der Waals surface area contributed by atoms with E-state index in [9.17, 15) is 9.59 Å². The van der Waals surface area contributed by atoms with Crippen LogP contribution in [0.4, 0.5) is 11.4 Å². The summed E-state index contributed by atoms with van der Waals surface area (Å²) < 4.78 is 16.5. The fourth-order valence-electron chi connectivity index (χ4n) is 3.77. The number of fused-ring (bicyclic) bond motifs is 1. The van der Waals surface area contributed by atoms with E-state index in [1.54, 1.807) is 18.2 Å². The van der Waals surface area contributed by atoms with E-state index in [0.717, 1.165) is 19.4 Å². The third kappa shape index (κ3) is 5.11. The van der Waals surface area contributed by atoms with Gasteiger partial charge in [0.25, 0.3) is 5.91 Å². The highest BCUT2D eigenvalue weighted by molar-refractivity contribution is 5.93. The average molecular weight is 434 g/mol. The molecule has 4 rings (SSSR count). The average Bonchev–Trinajstić information content (AvgIpc) is 2.80. The lowest BCUT2D eigenvalue weighted by molar-refractivity contribution is -0.118. The van der Waals surface area contributed by atoms with Gasteiger partial charge in [-0.15, -0.1) is 0 Å². The quantitative estimate of drug-likeness (QED) is 0.577. The highest BCUT2D eigenvalue weighted by Gasteiger charge is 2.18. The maximum absolute atomic E-state index is 12.5. The molecular weight excluding hydrogens is 408 g/mol. The van der Waals surface area contributed by atoms with Gasteiger partial charge < -0.3 is 24.1 Å². The fourth-order valence-corrected chi connectivity index (χ4v) is 3.77. The number of amides is 1. The second-order valence-corrected chi connectivity index (χ2v) is 7.49. The van der Waals surface area contributed by atoms with Gasteiger partial charge in [-0.2, -0.15) is 0 Å². The molecule has 7 nitrogen and oxygen atoms in total. The molecular formula is C25H26N2O5. The van der Waals surface area contributed by atoms with E-state index < -0.39 is 5.91 Å². The third-order valence-electron chi connectivity index (χ3n) is 5.23. The third-order valence-corrected chi connectivity index (χ3v) is 5.23. The molecule has 2 heterocycles. The lowest BCUT2D eigenvalue weighted by Gasteiger charge is -2.30. The predicted octanol–water partition coefficient (Wildman–Crippen LogP) is 4.01. The molecule has 1 N–H and O–H groups in total. The molecule has 0 saturated carbocycles. The Morgan fingerprint density at radius 2 is 1.91 bits per heavy atom. The molecule has 0 spiro atoms. The van der Waals surface area contributed by atoms with E-state index in [1.807, 2.05) is 25.1 Å². The van der Waals surface area contributed by atoms with Crippen molar-refractivity contribution in [1.29, 1.82) is 0 Å². The number of nitrogens with one attached hydrogen (secondary N) is 1. The first kappa shape index (κ1) is 21.5. The van der Waals surface area contributed by atoms with E-state index in [1.165, 1.54) is 23.6 Å². The minimum atomic E-state index is -0.398. The van der Waals surface area contributed by atoms with Crippen LogP contribution in [0.3, 0.4) is 0 Å². The zero-order chi connectivity index (χ0) is 22.3. The summed E-state index contributed by atoms with van der Waals surface area (Å²) in [6.45, 7) is 3.45. The van der Waals surface area contributed by atoms with Crippen LogP contribution in [0, 0.1) is 0 Å². The number of nitrogens with zero attached hydrogens (tertiary/aromatic N) is 1. The first-order valence-corrected chi connectivity index (χ1v) is 10.7. The van der Waals surface area contributed by atoms with Crippen molar-refractivity contribution in [3.8, 4) is 11.5 Å². The summed E-state index contributed by atoms with van der Waals surface area (Å²) in [5, 5.41) is 2.73. The van der Waals surface area contributed by atoms with Gasteiger partial charge in [-0.05, 0) is 43.5 Å². The summed E-state index contributed by atoms with van der Waals surface area (Å²) in [5.74, 6) is 0.729. The number of carbonyl (C=O) groups is 1. The number of aryl methyl sites for hydroxylation is 1. The smallest absolute Gasteiger partial charge is 0.262 e. The second-order valence-electron chi connectivity index (χ2n) is 7.49. The topological polar surface area (TPSA) is 81.0 Å². The SMILES string of the molecule is CCOc1ccccc1NC(=O)COc1coc(CN2CCCc3ccccc32)cc1=O.